The first-order valence-electron chi connectivity index (χ1n) is 7.23. The molecule has 0 aliphatic heterocycles. The normalized spacial score (nSPS) is 27.1. The van der Waals surface area contributed by atoms with Crippen molar-refractivity contribution in [2.24, 2.45) is 5.92 Å². The fourth-order valence-electron chi connectivity index (χ4n) is 3.16. The Hall–Kier alpha value is -1.12. The highest BCUT2D eigenvalue weighted by atomic mass is 32.2. The zero-order valence-electron chi connectivity index (χ0n) is 12.9. The van der Waals surface area contributed by atoms with E-state index < -0.39 is 10.0 Å². The third kappa shape index (κ3) is 3.38. The van der Waals surface area contributed by atoms with Gasteiger partial charge in [-0.05, 0) is 32.9 Å². The van der Waals surface area contributed by atoms with Crippen LogP contribution < -0.4 is 10.5 Å². The van der Waals surface area contributed by atoms with E-state index in [0.717, 1.165) is 19.3 Å². The molecule has 0 saturated heterocycles. The van der Waals surface area contributed by atoms with Gasteiger partial charge in [0, 0.05) is 12.1 Å². The van der Waals surface area contributed by atoms with Crippen molar-refractivity contribution in [3.05, 3.63) is 6.20 Å². The van der Waals surface area contributed by atoms with Crippen LogP contribution in [0.1, 0.15) is 32.6 Å². The second-order valence-electron chi connectivity index (χ2n) is 6.29. The molecule has 21 heavy (non-hydrogen) atoms. The first-order valence-corrected chi connectivity index (χ1v) is 8.71. The number of nitrogens with zero attached hydrogens (tertiary/aromatic N) is 2. The number of nitrogens with two attached hydrogens (primary N) is 1. The van der Waals surface area contributed by atoms with E-state index in [2.05, 4.69) is 26.7 Å². The molecule has 1 aliphatic rings. The van der Waals surface area contributed by atoms with Gasteiger partial charge in [-0.15, -0.1) is 0 Å². The van der Waals surface area contributed by atoms with Crippen molar-refractivity contribution < 1.29 is 8.42 Å². The molecule has 0 radical (unpaired) electrons. The summed E-state index contributed by atoms with van der Waals surface area (Å²) in [6.45, 7) is 2.61. The summed E-state index contributed by atoms with van der Waals surface area (Å²) in [5, 5.41) is 6.12. The molecule has 1 heterocycles. The van der Waals surface area contributed by atoms with Crippen LogP contribution in [-0.4, -0.2) is 49.7 Å². The van der Waals surface area contributed by atoms with Gasteiger partial charge >= 0.3 is 0 Å². The number of hydrogen-bond acceptors (Lipinski definition) is 5. The molecular formula is C13H25N5O2S. The van der Waals surface area contributed by atoms with Crippen LogP contribution in [-0.2, 0) is 10.0 Å². The van der Waals surface area contributed by atoms with Gasteiger partial charge in [0.1, 0.15) is 10.7 Å². The van der Waals surface area contributed by atoms with Crippen molar-refractivity contribution in [3.8, 4) is 0 Å². The standard InChI is InChI=1S/C13H25N5O2S/c1-10-5-4-6-13(7-10,18(2)3)9-16-21(19,20)11-8-15-17-12(11)14/h8,10,16H,4-7,9H2,1-3H3,(H3,14,15,17). The molecule has 1 aromatic rings. The highest BCUT2D eigenvalue weighted by Crippen LogP contribution is 2.35. The van der Waals surface area contributed by atoms with E-state index in [9.17, 15) is 8.42 Å². The van der Waals surface area contributed by atoms with E-state index in [4.69, 9.17) is 5.73 Å². The van der Waals surface area contributed by atoms with Gasteiger partial charge in [0.2, 0.25) is 10.0 Å². The maximum absolute atomic E-state index is 12.3. The number of hydrogen-bond donors (Lipinski definition) is 3. The number of anilines is 1. The summed E-state index contributed by atoms with van der Waals surface area (Å²) in [6, 6.07) is 0. The number of nitrogen functional groups attached to an aromatic ring is 1. The fraction of sp³-hybridized carbons (Fsp3) is 0.769. The van der Waals surface area contributed by atoms with E-state index in [1.165, 1.54) is 12.6 Å². The molecule has 1 aliphatic carbocycles. The van der Waals surface area contributed by atoms with Gasteiger partial charge < -0.3 is 10.6 Å². The Kier molecular flexibility index (Phi) is 4.60. The number of likely N-dealkylation sites (N-methyl/N-ethyl adjacent to an activating group) is 1. The number of aromatic nitrogens is 2. The molecule has 1 fully saturated rings. The van der Waals surface area contributed by atoms with E-state index >= 15 is 0 Å². The highest BCUT2D eigenvalue weighted by molar-refractivity contribution is 7.89. The molecule has 0 bridgehead atoms. The summed E-state index contributed by atoms with van der Waals surface area (Å²) in [4.78, 5) is 2.16. The minimum absolute atomic E-state index is 0.0141. The van der Waals surface area contributed by atoms with Gasteiger partial charge in [0.15, 0.2) is 0 Å². The van der Waals surface area contributed by atoms with Crippen molar-refractivity contribution in [1.29, 1.82) is 0 Å². The summed E-state index contributed by atoms with van der Waals surface area (Å²) in [7, 11) is 0.393. The summed E-state index contributed by atoms with van der Waals surface area (Å²) < 4.78 is 27.4. The average molecular weight is 315 g/mol. The molecular weight excluding hydrogens is 290 g/mol. The van der Waals surface area contributed by atoms with Crippen LogP contribution in [0.15, 0.2) is 11.1 Å². The van der Waals surface area contributed by atoms with Crippen LogP contribution in [0.25, 0.3) is 0 Å². The summed E-state index contributed by atoms with van der Waals surface area (Å²) in [5.41, 5.74) is 5.47. The molecule has 0 spiro atoms. The number of H-pyrrole nitrogens is 1. The minimum atomic E-state index is -3.63. The van der Waals surface area contributed by atoms with Crippen LogP contribution in [0.2, 0.25) is 0 Å². The lowest BCUT2D eigenvalue weighted by Crippen LogP contribution is -2.55. The molecule has 4 N–H and O–H groups in total. The topological polar surface area (TPSA) is 104 Å². The predicted octanol–water partition coefficient (Wildman–Crippen LogP) is 0.781. The van der Waals surface area contributed by atoms with E-state index in [1.807, 2.05) is 14.1 Å². The quantitative estimate of drug-likeness (QED) is 0.745. The van der Waals surface area contributed by atoms with Crippen LogP contribution in [0.4, 0.5) is 5.82 Å². The molecule has 2 unspecified atom stereocenters. The Morgan fingerprint density at radius 2 is 2.29 bits per heavy atom. The van der Waals surface area contributed by atoms with Gasteiger partial charge in [-0.25, -0.2) is 13.1 Å². The molecule has 7 nitrogen and oxygen atoms in total. The van der Waals surface area contributed by atoms with Gasteiger partial charge in [0.25, 0.3) is 0 Å². The number of sulfonamides is 1. The van der Waals surface area contributed by atoms with Gasteiger partial charge in [-0.2, -0.15) is 5.10 Å². The van der Waals surface area contributed by atoms with Crippen molar-refractivity contribution >= 4 is 15.8 Å². The summed E-state index contributed by atoms with van der Waals surface area (Å²) in [5.74, 6) is 0.670. The molecule has 120 valence electrons. The minimum Gasteiger partial charge on any atom is -0.383 e. The zero-order valence-corrected chi connectivity index (χ0v) is 13.7. The fourth-order valence-corrected chi connectivity index (χ4v) is 4.30. The monoisotopic (exact) mass is 315 g/mol. The maximum Gasteiger partial charge on any atom is 0.245 e. The second-order valence-corrected chi connectivity index (χ2v) is 8.03. The van der Waals surface area contributed by atoms with Crippen molar-refractivity contribution in [2.75, 3.05) is 26.4 Å². The van der Waals surface area contributed by atoms with Crippen LogP contribution >= 0.6 is 0 Å². The maximum atomic E-state index is 12.3. The molecule has 1 aromatic heterocycles. The number of aromatic amines is 1. The Morgan fingerprint density at radius 3 is 2.81 bits per heavy atom. The van der Waals surface area contributed by atoms with Crippen LogP contribution in [0.3, 0.4) is 0 Å². The second kappa shape index (κ2) is 5.94. The summed E-state index contributed by atoms with van der Waals surface area (Å²) >= 11 is 0. The van der Waals surface area contributed by atoms with Gasteiger partial charge in [-0.3, -0.25) is 5.10 Å². The molecule has 1 saturated carbocycles. The molecule has 2 rings (SSSR count). The van der Waals surface area contributed by atoms with Crippen molar-refractivity contribution in [3.63, 3.8) is 0 Å². The molecule has 2 atom stereocenters. The van der Waals surface area contributed by atoms with E-state index in [1.54, 1.807) is 0 Å². The lowest BCUT2D eigenvalue weighted by atomic mass is 9.75. The molecule has 0 aromatic carbocycles. The molecule has 0 amide bonds. The predicted molar refractivity (Wildman–Crippen MR) is 82.2 cm³/mol. The van der Waals surface area contributed by atoms with Crippen LogP contribution in [0, 0.1) is 5.92 Å². The lowest BCUT2D eigenvalue weighted by molar-refractivity contribution is 0.0805. The molecule has 8 heteroatoms. The number of rotatable bonds is 5. The largest absolute Gasteiger partial charge is 0.383 e. The third-order valence-electron chi connectivity index (χ3n) is 4.53. The Morgan fingerprint density at radius 1 is 1.57 bits per heavy atom. The Balaban J connectivity index is 2.14. The lowest BCUT2D eigenvalue weighted by Gasteiger charge is -2.45. The van der Waals surface area contributed by atoms with Gasteiger partial charge in [0.05, 0.1) is 6.20 Å². The first kappa shape index (κ1) is 16.3. The van der Waals surface area contributed by atoms with Crippen molar-refractivity contribution in [2.45, 2.75) is 43.0 Å². The van der Waals surface area contributed by atoms with Crippen LogP contribution in [0.5, 0.6) is 0 Å². The zero-order chi connectivity index (χ0) is 15.7. The average Bonchev–Trinajstić information content (AvgIpc) is 2.83. The van der Waals surface area contributed by atoms with Crippen molar-refractivity contribution in [1.82, 2.24) is 19.8 Å². The third-order valence-corrected chi connectivity index (χ3v) is 5.96. The highest BCUT2D eigenvalue weighted by Gasteiger charge is 2.38. The smallest absolute Gasteiger partial charge is 0.245 e. The van der Waals surface area contributed by atoms with E-state index in [0.29, 0.717) is 12.5 Å². The Bertz CT molecular complexity index is 583. The summed E-state index contributed by atoms with van der Waals surface area (Å²) in [6.07, 6.45) is 5.55. The van der Waals surface area contributed by atoms with Gasteiger partial charge in [-0.1, -0.05) is 19.8 Å². The SMILES string of the molecule is CC1CCCC(CNS(=O)(=O)c2cn[nH]c2N)(N(C)C)C1. The van der Waals surface area contributed by atoms with E-state index in [-0.39, 0.29) is 16.3 Å². The Labute approximate surface area is 126 Å². The first-order chi connectivity index (χ1) is 9.77. The number of nitrogens with one attached hydrogen (secondary N) is 2.